The molecule has 222 valence electrons. The van der Waals surface area contributed by atoms with E-state index in [4.69, 9.17) is 0 Å². The maximum absolute atomic E-state index is 12.2. The summed E-state index contributed by atoms with van der Waals surface area (Å²) in [5.41, 5.74) is 3.17. The highest BCUT2D eigenvalue weighted by Crippen LogP contribution is 2.37. The zero-order chi connectivity index (χ0) is 28.5. The lowest BCUT2D eigenvalue weighted by Gasteiger charge is -2.35. The Morgan fingerprint density at radius 2 is 1.00 bits per heavy atom. The predicted octanol–water partition coefficient (Wildman–Crippen LogP) is 9.57. The number of aryl methyl sites for hydroxylation is 2. The van der Waals surface area contributed by atoms with Crippen molar-refractivity contribution in [2.24, 2.45) is 0 Å². The number of nitrogens with one attached hydrogen (secondary N) is 1. The summed E-state index contributed by atoms with van der Waals surface area (Å²) < 4.78 is 0. The lowest BCUT2D eigenvalue weighted by atomic mass is 9.79. The molecule has 1 aliphatic heterocycles. The summed E-state index contributed by atoms with van der Waals surface area (Å²) in [6.07, 6.45) is 24.5. The number of hydrogen-bond acceptors (Lipinski definition) is 2. The third-order valence-electron chi connectivity index (χ3n) is 8.93. The van der Waals surface area contributed by atoms with Crippen molar-refractivity contribution < 1.29 is 9.90 Å². The van der Waals surface area contributed by atoms with Gasteiger partial charge in [0.2, 0.25) is 5.91 Å². The van der Waals surface area contributed by atoms with Gasteiger partial charge in [0.05, 0.1) is 6.04 Å². The first kappa shape index (κ1) is 32.4. The number of hydrogen-bond donors (Lipinski definition) is 2. The molecule has 2 N–H and O–H groups in total. The smallest absolute Gasteiger partial charge is 0.220 e. The monoisotopic (exact) mass is 547 g/mol. The molecule has 1 fully saturated rings. The Labute approximate surface area is 245 Å². The van der Waals surface area contributed by atoms with Crippen LogP contribution in [0.15, 0.2) is 48.5 Å². The standard InChI is InChI=1S/C37H57NO2/c1-3-5-7-9-11-13-15-17-19-31-21-25-33(26-22-31)37(40,35-29-30-36(39)38-35)34-27-23-32(24-28-34)20-18-16-14-12-10-8-6-4-2/h21-28,35,40H,3-20,29-30H2,1-2H3,(H,38,39)/t35-/m1/s1. The third kappa shape index (κ3) is 10.4. The van der Waals surface area contributed by atoms with Gasteiger partial charge in [-0.05, 0) is 54.4 Å². The van der Waals surface area contributed by atoms with Gasteiger partial charge in [-0.15, -0.1) is 0 Å². The van der Waals surface area contributed by atoms with Gasteiger partial charge in [0, 0.05) is 6.42 Å². The van der Waals surface area contributed by atoms with Gasteiger partial charge in [0.1, 0.15) is 5.60 Å². The van der Waals surface area contributed by atoms with Crippen molar-refractivity contribution in [2.75, 3.05) is 0 Å². The van der Waals surface area contributed by atoms with Gasteiger partial charge in [-0.25, -0.2) is 0 Å². The number of aliphatic hydroxyl groups is 1. The number of benzene rings is 2. The van der Waals surface area contributed by atoms with Crippen LogP contribution >= 0.6 is 0 Å². The summed E-state index contributed by atoms with van der Waals surface area (Å²) in [4.78, 5) is 12.1. The van der Waals surface area contributed by atoms with E-state index in [0.29, 0.717) is 12.8 Å². The normalized spacial score (nSPS) is 15.5. The minimum absolute atomic E-state index is 0.0288. The molecule has 1 amide bonds. The fourth-order valence-electron chi connectivity index (χ4n) is 6.27. The van der Waals surface area contributed by atoms with Crippen LogP contribution in [0.1, 0.15) is 152 Å². The van der Waals surface area contributed by atoms with Gasteiger partial charge < -0.3 is 10.4 Å². The van der Waals surface area contributed by atoms with Crippen LogP contribution in [0.2, 0.25) is 0 Å². The van der Waals surface area contributed by atoms with Gasteiger partial charge in [-0.3, -0.25) is 4.79 Å². The predicted molar refractivity (Wildman–Crippen MR) is 170 cm³/mol. The molecular weight excluding hydrogens is 490 g/mol. The first-order valence-electron chi connectivity index (χ1n) is 16.8. The first-order chi connectivity index (χ1) is 19.6. The molecule has 40 heavy (non-hydrogen) atoms. The van der Waals surface area contributed by atoms with E-state index in [1.54, 1.807) is 0 Å². The second kappa shape index (κ2) is 18.3. The highest BCUT2D eigenvalue weighted by atomic mass is 16.3. The summed E-state index contributed by atoms with van der Waals surface area (Å²) in [5, 5.41) is 15.3. The quantitative estimate of drug-likeness (QED) is 0.153. The molecule has 0 aliphatic carbocycles. The summed E-state index contributed by atoms with van der Waals surface area (Å²) in [6, 6.07) is 16.7. The zero-order valence-corrected chi connectivity index (χ0v) is 25.7. The first-order valence-corrected chi connectivity index (χ1v) is 16.8. The fraction of sp³-hybridized carbons (Fsp3) is 0.649. The van der Waals surface area contributed by atoms with Crippen molar-refractivity contribution in [1.82, 2.24) is 5.32 Å². The second-order valence-corrected chi connectivity index (χ2v) is 12.3. The molecule has 1 saturated heterocycles. The lowest BCUT2D eigenvalue weighted by molar-refractivity contribution is -0.120. The highest BCUT2D eigenvalue weighted by Gasteiger charge is 2.43. The van der Waals surface area contributed by atoms with Gasteiger partial charge in [0.25, 0.3) is 0 Å². The molecule has 3 rings (SSSR count). The van der Waals surface area contributed by atoms with E-state index in [1.165, 1.54) is 114 Å². The fourth-order valence-corrected chi connectivity index (χ4v) is 6.27. The van der Waals surface area contributed by atoms with E-state index in [2.05, 4.69) is 67.7 Å². The molecular formula is C37H57NO2. The molecule has 1 atom stereocenters. The number of rotatable bonds is 21. The summed E-state index contributed by atoms with van der Waals surface area (Å²) in [5.74, 6) is 0.0288. The Morgan fingerprint density at radius 1 is 0.625 bits per heavy atom. The molecule has 2 aromatic carbocycles. The Morgan fingerprint density at radius 3 is 1.35 bits per heavy atom. The molecule has 1 aliphatic rings. The van der Waals surface area contributed by atoms with Crippen molar-refractivity contribution in [3.05, 3.63) is 70.8 Å². The molecule has 3 nitrogen and oxygen atoms in total. The number of carbonyl (C=O) groups excluding carboxylic acids is 1. The van der Waals surface area contributed by atoms with E-state index in [-0.39, 0.29) is 11.9 Å². The van der Waals surface area contributed by atoms with Crippen LogP contribution in [0.4, 0.5) is 0 Å². The van der Waals surface area contributed by atoms with Crippen LogP contribution < -0.4 is 5.32 Å². The lowest BCUT2D eigenvalue weighted by Crippen LogP contribution is -2.47. The molecule has 0 unspecified atom stereocenters. The molecule has 3 heteroatoms. The van der Waals surface area contributed by atoms with Crippen LogP contribution in [-0.4, -0.2) is 17.1 Å². The minimum atomic E-state index is -1.22. The molecule has 2 aromatic rings. The van der Waals surface area contributed by atoms with Crippen LogP contribution in [0, 0.1) is 0 Å². The van der Waals surface area contributed by atoms with Crippen molar-refractivity contribution in [3.8, 4) is 0 Å². The summed E-state index contributed by atoms with van der Waals surface area (Å²) in [7, 11) is 0. The topological polar surface area (TPSA) is 49.3 Å². The number of amides is 1. The molecule has 0 radical (unpaired) electrons. The Balaban J connectivity index is 1.55. The maximum atomic E-state index is 12.2. The average Bonchev–Trinajstić information content (AvgIpc) is 3.43. The SMILES string of the molecule is CCCCCCCCCCc1ccc(C(O)(c2ccc(CCCCCCCCCC)cc2)[C@H]2CCC(=O)N2)cc1. The Kier molecular flexibility index (Phi) is 14.8. The van der Waals surface area contributed by atoms with E-state index < -0.39 is 5.60 Å². The molecule has 0 saturated carbocycles. The van der Waals surface area contributed by atoms with Crippen LogP contribution in [0.3, 0.4) is 0 Å². The van der Waals surface area contributed by atoms with Crippen molar-refractivity contribution in [1.29, 1.82) is 0 Å². The number of unbranched alkanes of at least 4 members (excludes halogenated alkanes) is 14. The molecule has 1 heterocycles. The van der Waals surface area contributed by atoms with E-state index in [1.807, 2.05) is 0 Å². The van der Waals surface area contributed by atoms with Crippen molar-refractivity contribution in [2.45, 2.75) is 154 Å². The largest absolute Gasteiger partial charge is 0.378 e. The molecule has 0 bridgehead atoms. The van der Waals surface area contributed by atoms with Crippen molar-refractivity contribution in [3.63, 3.8) is 0 Å². The molecule has 0 aromatic heterocycles. The van der Waals surface area contributed by atoms with E-state index in [9.17, 15) is 9.90 Å². The Hall–Kier alpha value is -2.13. The van der Waals surface area contributed by atoms with E-state index >= 15 is 0 Å². The molecule has 0 spiro atoms. The van der Waals surface area contributed by atoms with Crippen LogP contribution in [-0.2, 0) is 23.2 Å². The van der Waals surface area contributed by atoms with Crippen LogP contribution in [0.5, 0.6) is 0 Å². The minimum Gasteiger partial charge on any atom is -0.378 e. The van der Waals surface area contributed by atoms with E-state index in [0.717, 1.165) is 24.0 Å². The summed E-state index contributed by atoms with van der Waals surface area (Å²) >= 11 is 0. The second-order valence-electron chi connectivity index (χ2n) is 12.3. The zero-order valence-electron chi connectivity index (χ0n) is 25.7. The van der Waals surface area contributed by atoms with Crippen LogP contribution in [0.25, 0.3) is 0 Å². The Bertz CT molecular complexity index is 886. The number of carbonyl (C=O) groups is 1. The third-order valence-corrected chi connectivity index (χ3v) is 8.93. The highest BCUT2D eigenvalue weighted by molar-refractivity contribution is 5.79. The summed E-state index contributed by atoms with van der Waals surface area (Å²) in [6.45, 7) is 4.54. The maximum Gasteiger partial charge on any atom is 0.220 e. The van der Waals surface area contributed by atoms with Gasteiger partial charge in [-0.1, -0.05) is 152 Å². The van der Waals surface area contributed by atoms with Gasteiger partial charge >= 0.3 is 0 Å². The average molecular weight is 548 g/mol. The van der Waals surface area contributed by atoms with Gasteiger partial charge in [-0.2, -0.15) is 0 Å². The van der Waals surface area contributed by atoms with Crippen molar-refractivity contribution >= 4 is 5.91 Å². The van der Waals surface area contributed by atoms with Gasteiger partial charge in [0.15, 0.2) is 0 Å².